The molecule has 2 heterocycles. The molecule has 1 saturated carbocycles. The number of benzene rings is 2. The summed E-state index contributed by atoms with van der Waals surface area (Å²) in [4.78, 5) is 15.2. The van der Waals surface area contributed by atoms with Crippen LogP contribution in [0.25, 0.3) is 5.69 Å². The van der Waals surface area contributed by atoms with Crippen LogP contribution in [0.2, 0.25) is 0 Å². The monoisotopic (exact) mass is 462 g/mol. The first-order valence-corrected chi connectivity index (χ1v) is 12.0. The van der Waals surface area contributed by atoms with E-state index in [0.717, 1.165) is 62.3 Å². The van der Waals surface area contributed by atoms with E-state index in [1.807, 2.05) is 30.6 Å². The Hall–Kier alpha value is -3.19. The van der Waals surface area contributed by atoms with Crippen molar-refractivity contribution in [3.8, 4) is 11.4 Å². The van der Waals surface area contributed by atoms with Crippen LogP contribution in [0.1, 0.15) is 30.4 Å². The van der Waals surface area contributed by atoms with Gasteiger partial charge >= 0.3 is 0 Å². The standard InChI is InChI=1S/C27H31FN4O2/c1-34-24-4-2-3-20(15-24)9-12-29-26(33)25-16-27(25)10-13-31(14-11-27)18-21-17-30-32(19-21)23-7-5-22(28)6-8-23/h2-8,15,17,19,25H,9-14,16,18H2,1H3,(H,29,33). The van der Waals surface area contributed by atoms with Gasteiger partial charge in [0.05, 0.1) is 19.0 Å². The molecule has 1 aliphatic heterocycles. The summed E-state index contributed by atoms with van der Waals surface area (Å²) < 4.78 is 20.2. The molecule has 2 fully saturated rings. The number of nitrogens with one attached hydrogen (secondary N) is 1. The zero-order valence-corrected chi connectivity index (χ0v) is 19.5. The lowest BCUT2D eigenvalue weighted by molar-refractivity contribution is -0.123. The Morgan fingerprint density at radius 2 is 1.97 bits per heavy atom. The molecule has 3 aromatic rings. The number of likely N-dealkylation sites (tertiary alicyclic amines) is 1. The molecule has 1 amide bonds. The fourth-order valence-electron chi connectivity index (χ4n) is 5.14. The molecule has 1 aliphatic carbocycles. The van der Waals surface area contributed by atoms with Crippen LogP contribution in [0.15, 0.2) is 60.9 Å². The molecule has 0 bridgehead atoms. The van der Waals surface area contributed by atoms with Gasteiger partial charge in [0.25, 0.3) is 0 Å². The average Bonchev–Trinajstić information content (AvgIpc) is 3.36. The van der Waals surface area contributed by atoms with Gasteiger partial charge in [0.15, 0.2) is 0 Å². The molecule has 1 saturated heterocycles. The highest BCUT2D eigenvalue weighted by atomic mass is 19.1. The summed E-state index contributed by atoms with van der Waals surface area (Å²) >= 11 is 0. The number of nitrogens with zero attached hydrogens (tertiary/aromatic N) is 3. The first kappa shape index (κ1) is 22.6. The molecule has 1 unspecified atom stereocenters. The number of methoxy groups -OCH3 is 1. The Labute approximate surface area is 199 Å². The molecule has 178 valence electrons. The maximum absolute atomic E-state index is 13.2. The summed E-state index contributed by atoms with van der Waals surface area (Å²) in [7, 11) is 1.67. The first-order valence-electron chi connectivity index (χ1n) is 12.0. The van der Waals surface area contributed by atoms with Gasteiger partial charge in [-0.15, -0.1) is 0 Å². The third-order valence-electron chi connectivity index (χ3n) is 7.34. The summed E-state index contributed by atoms with van der Waals surface area (Å²) in [6, 6.07) is 14.3. The van der Waals surface area contributed by atoms with Crippen molar-refractivity contribution in [2.45, 2.75) is 32.2 Å². The van der Waals surface area contributed by atoms with Crippen molar-refractivity contribution in [2.24, 2.45) is 11.3 Å². The van der Waals surface area contributed by atoms with E-state index >= 15 is 0 Å². The van der Waals surface area contributed by atoms with E-state index in [0.29, 0.717) is 6.54 Å². The molecule has 2 aromatic carbocycles. The van der Waals surface area contributed by atoms with Crippen LogP contribution in [-0.2, 0) is 17.8 Å². The second-order valence-electron chi connectivity index (χ2n) is 9.56. The molecule has 2 aliphatic rings. The number of halogens is 1. The van der Waals surface area contributed by atoms with Gasteiger partial charge in [-0.2, -0.15) is 5.10 Å². The van der Waals surface area contributed by atoms with Gasteiger partial charge in [0.1, 0.15) is 11.6 Å². The Balaban J connectivity index is 1.06. The quantitative estimate of drug-likeness (QED) is 0.550. The zero-order chi connectivity index (χ0) is 23.5. The fraction of sp³-hybridized carbons (Fsp3) is 0.407. The van der Waals surface area contributed by atoms with Gasteiger partial charge in [-0.3, -0.25) is 9.69 Å². The summed E-state index contributed by atoms with van der Waals surface area (Å²) in [5.74, 6) is 0.958. The highest BCUT2D eigenvalue weighted by Gasteiger charge is 2.58. The highest BCUT2D eigenvalue weighted by molar-refractivity contribution is 5.82. The molecule has 34 heavy (non-hydrogen) atoms. The van der Waals surface area contributed by atoms with Crippen molar-refractivity contribution < 1.29 is 13.9 Å². The lowest BCUT2D eigenvalue weighted by Gasteiger charge is -2.32. The van der Waals surface area contributed by atoms with E-state index in [2.05, 4.69) is 21.4 Å². The predicted octanol–water partition coefficient (Wildman–Crippen LogP) is 3.98. The van der Waals surface area contributed by atoms with Gasteiger partial charge in [0, 0.05) is 30.8 Å². The molecule has 7 heteroatoms. The second-order valence-corrected chi connectivity index (χ2v) is 9.56. The van der Waals surface area contributed by atoms with Gasteiger partial charge in [-0.1, -0.05) is 12.1 Å². The van der Waals surface area contributed by atoms with Crippen LogP contribution >= 0.6 is 0 Å². The van der Waals surface area contributed by atoms with Crippen LogP contribution < -0.4 is 10.1 Å². The molecular formula is C27H31FN4O2. The van der Waals surface area contributed by atoms with E-state index in [1.54, 1.807) is 23.9 Å². The Morgan fingerprint density at radius 1 is 1.18 bits per heavy atom. The van der Waals surface area contributed by atoms with Crippen molar-refractivity contribution in [3.05, 3.63) is 77.9 Å². The highest BCUT2D eigenvalue weighted by Crippen LogP contribution is 2.59. The summed E-state index contributed by atoms with van der Waals surface area (Å²) in [5.41, 5.74) is 3.35. The van der Waals surface area contributed by atoms with Crippen molar-refractivity contribution in [1.29, 1.82) is 0 Å². The van der Waals surface area contributed by atoms with Crippen LogP contribution in [0.5, 0.6) is 5.75 Å². The third kappa shape index (κ3) is 4.99. The molecule has 1 N–H and O–H groups in total. The Morgan fingerprint density at radius 3 is 2.74 bits per heavy atom. The van der Waals surface area contributed by atoms with Gasteiger partial charge in [-0.05, 0) is 86.1 Å². The zero-order valence-electron chi connectivity index (χ0n) is 19.5. The molecule has 1 aromatic heterocycles. The van der Waals surface area contributed by atoms with Crippen LogP contribution in [0.3, 0.4) is 0 Å². The number of amides is 1. The van der Waals surface area contributed by atoms with E-state index in [-0.39, 0.29) is 23.1 Å². The topological polar surface area (TPSA) is 59.4 Å². The van der Waals surface area contributed by atoms with E-state index in [9.17, 15) is 9.18 Å². The average molecular weight is 463 g/mol. The van der Waals surface area contributed by atoms with E-state index in [4.69, 9.17) is 4.74 Å². The maximum Gasteiger partial charge on any atom is 0.223 e. The van der Waals surface area contributed by atoms with Gasteiger partial charge in [0.2, 0.25) is 5.91 Å². The number of aromatic nitrogens is 2. The first-order chi connectivity index (χ1) is 16.5. The molecular weight excluding hydrogens is 431 g/mol. The summed E-state index contributed by atoms with van der Waals surface area (Å²) in [5, 5.41) is 7.57. The smallest absolute Gasteiger partial charge is 0.223 e. The number of hydrogen-bond acceptors (Lipinski definition) is 4. The minimum atomic E-state index is -0.248. The SMILES string of the molecule is COc1cccc(CCNC(=O)C2CC23CCN(Cc2cnn(-c4ccc(F)cc4)c2)CC3)c1. The van der Waals surface area contributed by atoms with E-state index < -0.39 is 0 Å². The van der Waals surface area contributed by atoms with Gasteiger partial charge in [-0.25, -0.2) is 9.07 Å². The minimum Gasteiger partial charge on any atom is -0.497 e. The number of carbonyl (C=O) groups is 1. The summed E-state index contributed by atoms with van der Waals surface area (Å²) in [6.07, 6.45) is 7.83. The second kappa shape index (κ2) is 9.58. The van der Waals surface area contributed by atoms with Crippen LogP contribution in [0.4, 0.5) is 4.39 Å². The Bertz CT molecular complexity index is 1140. The number of carbonyl (C=O) groups excluding carboxylic acids is 1. The van der Waals surface area contributed by atoms with Crippen molar-refractivity contribution >= 4 is 5.91 Å². The molecule has 6 nitrogen and oxygen atoms in total. The van der Waals surface area contributed by atoms with E-state index in [1.165, 1.54) is 17.7 Å². The number of hydrogen-bond donors (Lipinski definition) is 1. The maximum atomic E-state index is 13.2. The van der Waals surface area contributed by atoms with Crippen LogP contribution in [0, 0.1) is 17.2 Å². The fourth-order valence-corrected chi connectivity index (χ4v) is 5.14. The van der Waals surface area contributed by atoms with Crippen LogP contribution in [-0.4, -0.2) is 47.3 Å². The molecule has 5 rings (SSSR count). The lowest BCUT2D eigenvalue weighted by atomic mass is 9.90. The molecule has 1 atom stereocenters. The lowest BCUT2D eigenvalue weighted by Crippen LogP contribution is -2.37. The minimum absolute atomic E-state index is 0.154. The number of rotatable bonds is 8. The molecule has 0 radical (unpaired) electrons. The number of piperidine rings is 1. The van der Waals surface area contributed by atoms with Gasteiger partial charge < -0.3 is 10.1 Å². The normalized spacial score (nSPS) is 19.2. The number of ether oxygens (including phenoxy) is 1. The van der Waals surface area contributed by atoms with Crippen molar-refractivity contribution in [3.63, 3.8) is 0 Å². The third-order valence-corrected chi connectivity index (χ3v) is 7.34. The van der Waals surface area contributed by atoms with Crippen molar-refractivity contribution in [1.82, 2.24) is 20.0 Å². The largest absolute Gasteiger partial charge is 0.497 e. The van der Waals surface area contributed by atoms with Crippen molar-refractivity contribution in [2.75, 3.05) is 26.7 Å². The predicted molar refractivity (Wildman–Crippen MR) is 128 cm³/mol. The Kier molecular flexibility index (Phi) is 6.37. The summed E-state index contributed by atoms with van der Waals surface area (Å²) in [6.45, 7) is 3.49. The molecule has 1 spiro atoms.